The Morgan fingerprint density at radius 1 is 0.375 bits per heavy atom. The van der Waals surface area contributed by atoms with Gasteiger partial charge in [0.1, 0.15) is 0 Å². The van der Waals surface area contributed by atoms with Crippen molar-refractivity contribution in [3.63, 3.8) is 0 Å². The summed E-state index contributed by atoms with van der Waals surface area (Å²) in [5, 5.41) is 0. The highest BCUT2D eigenvalue weighted by molar-refractivity contribution is 5.77. The standard InChI is InChI=1S/2C23H31N/c2*1-15(2)20-14-13-19-12-11-18-9-7-8-10-21(18)24(17(5)6)23(19)22(20)16(3)4/h2*7-10,13-17H,11-12H2,1-6H3. The van der Waals surface area contributed by atoms with Gasteiger partial charge in [0.05, 0.1) is 0 Å². The molecule has 0 atom stereocenters. The topological polar surface area (TPSA) is 6.48 Å². The molecule has 4 aromatic carbocycles. The summed E-state index contributed by atoms with van der Waals surface area (Å²) in [5.74, 6) is 2.17. The largest absolute Gasteiger partial charge is 0.338 e. The third-order valence-electron chi connectivity index (χ3n) is 10.4. The summed E-state index contributed by atoms with van der Waals surface area (Å²) < 4.78 is 0. The van der Waals surface area contributed by atoms with Crippen LogP contribution in [0, 0.1) is 0 Å². The average molecular weight is 643 g/mol. The van der Waals surface area contributed by atoms with Crippen molar-refractivity contribution in [1.82, 2.24) is 0 Å². The van der Waals surface area contributed by atoms with E-state index in [2.05, 4.69) is 166 Å². The van der Waals surface area contributed by atoms with Crippen LogP contribution in [0.1, 0.15) is 151 Å². The Morgan fingerprint density at radius 3 is 1.02 bits per heavy atom. The van der Waals surface area contributed by atoms with Crippen LogP contribution in [-0.2, 0) is 25.7 Å². The van der Waals surface area contributed by atoms with Gasteiger partial charge in [-0.1, -0.05) is 116 Å². The smallest absolute Gasteiger partial charge is 0.0483 e. The van der Waals surface area contributed by atoms with Gasteiger partial charge in [-0.2, -0.15) is 0 Å². The van der Waals surface area contributed by atoms with Gasteiger partial charge in [-0.15, -0.1) is 0 Å². The summed E-state index contributed by atoms with van der Waals surface area (Å²) in [7, 11) is 0. The highest BCUT2D eigenvalue weighted by Gasteiger charge is 2.29. The van der Waals surface area contributed by atoms with Gasteiger partial charge in [0.2, 0.25) is 0 Å². The molecule has 2 aliphatic heterocycles. The van der Waals surface area contributed by atoms with Crippen molar-refractivity contribution >= 4 is 22.7 Å². The zero-order valence-corrected chi connectivity index (χ0v) is 32.1. The zero-order chi connectivity index (χ0) is 34.9. The first-order chi connectivity index (χ1) is 22.8. The van der Waals surface area contributed by atoms with E-state index >= 15 is 0 Å². The fourth-order valence-electron chi connectivity index (χ4n) is 8.30. The second-order valence-corrected chi connectivity index (χ2v) is 16.0. The molecule has 48 heavy (non-hydrogen) atoms. The number of nitrogens with zero attached hydrogens (tertiary/aromatic N) is 2. The molecule has 0 amide bonds. The van der Waals surface area contributed by atoms with Crippen molar-refractivity contribution in [2.75, 3.05) is 9.80 Å². The van der Waals surface area contributed by atoms with Crippen LogP contribution in [0.4, 0.5) is 22.7 Å². The monoisotopic (exact) mass is 642 g/mol. The van der Waals surface area contributed by atoms with Crippen LogP contribution in [0.25, 0.3) is 0 Å². The van der Waals surface area contributed by atoms with Gasteiger partial charge in [-0.05, 0) is 134 Å². The number of fused-ring (bicyclic) bond motifs is 4. The number of hydrogen-bond acceptors (Lipinski definition) is 2. The molecule has 2 nitrogen and oxygen atoms in total. The molecule has 2 heterocycles. The summed E-state index contributed by atoms with van der Waals surface area (Å²) >= 11 is 0. The summed E-state index contributed by atoms with van der Waals surface area (Å²) in [5.41, 5.74) is 17.8. The predicted molar refractivity (Wildman–Crippen MR) is 211 cm³/mol. The van der Waals surface area contributed by atoms with Crippen LogP contribution in [0.5, 0.6) is 0 Å². The number of aryl methyl sites for hydroxylation is 4. The first-order valence-electron chi connectivity index (χ1n) is 18.9. The van der Waals surface area contributed by atoms with Crippen LogP contribution < -0.4 is 9.80 Å². The van der Waals surface area contributed by atoms with E-state index in [4.69, 9.17) is 0 Å². The molecule has 0 aliphatic carbocycles. The maximum atomic E-state index is 2.60. The molecule has 0 fully saturated rings. The molecule has 0 bridgehead atoms. The molecule has 0 aromatic heterocycles. The normalized spacial score (nSPS) is 14.1. The minimum Gasteiger partial charge on any atom is -0.338 e. The molecular formula is C46H62N2. The number of benzene rings is 4. The van der Waals surface area contributed by atoms with Gasteiger partial charge in [0.15, 0.2) is 0 Å². The van der Waals surface area contributed by atoms with Gasteiger partial charge >= 0.3 is 0 Å². The SMILES string of the molecule is CC(C)c1ccc2c(c1C(C)C)N(C(C)C)c1ccccc1CC2.CC(C)c1ccc2c(c1C(C)C)N(C(C)C)c1ccccc1CC2. The molecule has 0 N–H and O–H groups in total. The highest BCUT2D eigenvalue weighted by Crippen LogP contribution is 2.46. The molecule has 0 spiro atoms. The van der Waals surface area contributed by atoms with Crippen molar-refractivity contribution in [2.24, 2.45) is 0 Å². The van der Waals surface area contributed by atoms with E-state index in [-0.39, 0.29) is 0 Å². The van der Waals surface area contributed by atoms with Crippen molar-refractivity contribution in [3.8, 4) is 0 Å². The molecule has 0 saturated heterocycles. The Labute approximate surface area is 293 Å². The first kappa shape index (κ1) is 35.8. The van der Waals surface area contributed by atoms with Gasteiger partial charge < -0.3 is 9.80 Å². The second-order valence-electron chi connectivity index (χ2n) is 16.0. The van der Waals surface area contributed by atoms with Crippen LogP contribution in [0.15, 0.2) is 72.8 Å². The highest BCUT2D eigenvalue weighted by atomic mass is 15.2. The van der Waals surface area contributed by atoms with Crippen LogP contribution in [0.2, 0.25) is 0 Å². The van der Waals surface area contributed by atoms with Gasteiger partial charge in [-0.3, -0.25) is 0 Å². The van der Waals surface area contributed by atoms with E-state index in [0.29, 0.717) is 35.8 Å². The number of para-hydroxylation sites is 2. The van der Waals surface area contributed by atoms with Crippen LogP contribution in [0.3, 0.4) is 0 Å². The van der Waals surface area contributed by atoms with Crippen molar-refractivity contribution < 1.29 is 0 Å². The molecule has 4 aromatic rings. The van der Waals surface area contributed by atoms with Crippen molar-refractivity contribution in [3.05, 3.63) is 117 Å². The summed E-state index contributed by atoms with van der Waals surface area (Å²) in [6.07, 6.45) is 4.53. The van der Waals surface area contributed by atoms with Crippen LogP contribution >= 0.6 is 0 Å². The third-order valence-corrected chi connectivity index (χ3v) is 10.4. The van der Waals surface area contributed by atoms with E-state index in [1.807, 2.05) is 0 Å². The Bertz CT molecular complexity index is 1580. The number of rotatable bonds is 6. The summed E-state index contributed by atoms with van der Waals surface area (Å²) in [6, 6.07) is 28.4. The maximum Gasteiger partial charge on any atom is 0.0483 e. The van der Waals surface area contributed by atoms with E-state index in [9.17, 15) is 0 Å². The van der Waals surface area contributed by atoms with E-state index in [0.717, 1.165) is 25.7 Å². The summed E-state index contributed by atoms with van der Waals surface area (Å²) in [6.45, 7) is 27.9. The molecule has 2 aliphatic rings. The van der Waals surface area contributed by atoms with Crippen LogP contribution in [-0.4, -0.2) is 12.1 Å². The van der Waals surface area contributed by atoms with Crippen molar-refractivity contribution in [2.45, 2.75) is 145 Å². The molecule has 6 rings (SSSR count). The fourth-order valence-corrected chi connectivity index (χ4v) is 8.30. The lowest BCUT2D eigenvalue weighted by Gasteiger charge is -2.35. The fraction of sp³-hybridized carbons (Fsp3) is 0.478. The second kappa shape index (κ2) is 14.9. The minimum absolute atomic E-state index is 0.447. The molecule has 0 saturated carbocycles. The van der Waals surface area contributed by atoms with Gasteiger partial charge in [0, 0.05) is 34.8 Å². The Morgan fingerprint density at radius 2 is 0.708 bits per heavy atom. The lowest BCUT2D eigenvalue weighted by molar-refractivity contribution is 0.749. The number of hydrogen-bond donors (Lipinski definition) is 0. The van der Waals surface area contributed by atoms with E-state index in [1.165, 1.54) is 56.1 Å². The van der Waals surface area contributed by atoms with E-state index < -0.39 is 0 Å². The molecule has 256 valence electrons. The Hall–Kier alpha value is -3.52. The summed E-state index contributed by atoms with van der Waals surface area (Å²) in [4.78, 5) is 5.19. The molecular weight excluding hydrogens is 581 g/mol. The zero-order valence-electron chi connectivity index (χ0n) is 32.1. The molecule has 0 unspecified atom stereocenters. The first-order valence-corrected chi connectivity index (χ1v) is 18.9. The van der Waals surface area contributed by atoms with Gasteiger partial charge in [-0.25, -0.2) is 0 Å². The van der Waals surface area contributed by atoms with Gasteiger partial charge in [0.25, 0.3) is 0 Å². The quantitative estimate of drug-likeness (QED) is 0.206. The minimum atomic E-state index is 0.447. The lowest BCUT2D eigenvalue weighted by Crippen LogP contribution is -2.28. The van der Waals surface area contributed by atoms with E-state index in [1.54, 1.807) is 11.1 Å². The Kier molecular flexibility index (Phi) is 11.1. The lowest BCUT2D eigenvalue weighted by atomic mass is 9.86. The third kappa shape index (κ3) is 6.96. The molecule has 2 heteroatoms. The predicted octanol–water partition coefficient (Wildman–Crippen LogP) is 13.2. The average Bonchev–Trinajstić information content (AvgIpc) is 3.32. The maximum absolute atomic E-state index is 2.60. The number of anilines is 4. The molecule has 0 radical (unpaired) electrons. The van der Waals surface area contributed by atoms with Crippen molar-refractivity contribution in [1.29, 1.82) is 0 Å². The Balaban J connectivity index is 0.000000188.